The van der Waals surface area contributed by atoms with E-state index in [1.54, 1.807) is 7.11 Å². The summed E-state index contributed by atoms with van der Waals surface area (Å²) >= 11 is 0. The first-order chi connectivity index (χ1) is 14.6. The van der Waals surface area contributed by atoms with Crippen LogP contribution in [0, 0.1) is 0 Å². The number of hydrogen-bond acceptors (Lipinski definition) is 6. The third-order valence-corrected chi connectivity index (χ3v) is 6.12. The Kier molecular flexibility index (Phi) is 4.90. The summed E-state index contributed by atoms with van der Waals surface area (Å²) in [6.45, 7) is 1.99. The van der Waals surface area contributed by atoms with Crippen molar-refractivity contribution in [1.82, 2.24) is 20.4 Å². The van der Waals surface area contributed by atoms with Crippen LogP contribution in [-0.2, 0) is 0 Å². The van der Waals surface area contributed by atoms with Gasteiger partial charge in [0.25, 0.3) is 11.6 Å². The number of fused-ring (bicyclic) bond motifs is 1. The van der Waals surface area contributed by atoms with Crippen LogP contribution in [0.25, 0.3) is 22.4 Å². The molecule has 7 heteroatoms. The van der Waals surface area contributed by atoms with Gasteiger partial charge in [-0.15, -0.1) is 0 Å². The summed E-state index contributed by atoms with van der Waals surface area (Å²) in [6.07, 6.45) is 4.13. The molecule has 0 bridgehead atoms. The van der Waals surface area contributed by atoms with Gasteiger partial charge in [0, 0.05) is 23.2 Å². The molecule has 1 aromatic carbocycles. The average Bonchev–Trinajstić information content (AvgIpc) is 3.54. The molecule has 1 aliphatic carbocycles. The highest BCUT2D eigenvalue weighted by atomic mass is 16.5. The third-order valence-electron chi connectivity index (χ3n) is 6.12. The first kappa shape index (κ1) is 19.1. The average molecular weight is 406 g/mol. The molecule has 30 heavy (non-hydrogen) atoms. The highest BCUT2D eigenvalue weighted by Crippen LogP contribution is 2.41. The van der Waals surface area contributed by atoms with Crippen LogP contribution in [0.5, 0.6) is 5.75 Å². The standard InChI is InChI=1S/C23H26N4O3/c1-27-11-9-16(10-12-27)24-22(28)18-13-19(14-3-4-14)25-23-20(18)21(26-30-23)15-5-7-17(29-2)8-6-15/h5-8,13-14,16H,3-4,9-12H2,1-2H3,(H,24,28). The van der Waals surface area contributed by atoms with Crippen molar-refractivity contribution in [3.05, 3.63) is 41.6 Å². The normalized spacial score (nSPS) is 17.9. The number of carbonyl (C=O) groups is 1. The van der Waals surface area contributed by atoms with Crippen molar-refractivity contribution in [2.45, 2.75) is 37.6 Å². The maximum Gasteiger partial charge on any atom is 0.259 e. The summed E-state index contributed by atoms with van der Waals surface area (Å²) in [6, 6.07) is 9.72. The van der Waals surface area contributed by atoms with Crippen LogP contribution >= 0.6 is 0 Å². The Morgan fingerprint density at radius 2 is 1.90 bits per heavy atom. The highest BCUT2D eigenvalue weighted by molar-refractivity contribution is 6.09. The molecule has 0 radical (unpaired) electrons. The van der Waals surface area contributed by atoms with Crippen molar-refractivity contribution in [2.24, 2.45) is 0 Å². The molecule has 7 nitrogen and oxygen atoms in total. The number of likely N-dealkylation sites (tertiary alicyclic amines) is 1. The fraction of sp³-hybridized carbons (Fsp3) is 0.435. The van der Waals surface area contributed by atoms with Crippen molar-refractivity contribution in [1.29, 1.82) is 0 Å². The van der Waals surface area contributed by atoms with Gasteiger partial charge in [0.2, 0.25) is 0 Å². The van der Waals surface area contributed by atoms with E-state index in [9.17, 15) is 4.79 Å². The van der Waals surface area contributed by atoms with Gasteiger partial charge in [-0.1, -0.05) is 5.16 Å². The van der Waals surface area contributed by atoms with E-state index in [4.69, 9.17) is 9.26 Å². The minimum absolute atomic E-state index is 0.0724. The van der Waals surface area contributed by atoms with E-state index in [0.717, 1.165) is 55.8 Å². The number of nitrogens with zero attached hydrogens (tertiary/aromatic N) is 3. The van der Waals surface area contributed by atoms with Crippen molar-refractivity contribution < 1.29 is 14.1 Å². The third kappa shape index (κ3) is 3.65. The van der Waals surface area contributed by atoms with Gasteiger partial charge >= 0.3 is 0 Å². The minimum atomic E-state index is -0.0724. The van der Waals surface area contributed by atoms with Crippen molar-refractivity contribution >= 4 is 17.0 Å². The topological polar surface area (TPSA) is 80.5 Å². The molecule has 2 aliphatic rings. The molecule has 1 aliphatic heterocycles. The van der Waals surface area contributed by atoms with Gasteiger partial charge in [-0.2, -0.15) is 0 Å². The van der Waals surface area contributed by atoms with E-state index in [1.807, 2.05) is 30.3 Å². The van der Waals surface area contributed by atoms with E-state index in [2.05, 4.69) is 27.4 Å². The molecule has 0 unspecified atom stereocenters. The van der Waals surface area contributed by atoms with Crippen molar-refractivity contribution in [3.63, 3.8) is 0 Å². The molecule has 1 amide bonds. The summed E-state index contributed by atoms with van der Waals surface area (Å²) in [5, 5.41) is 8.19. The highest BCUT2D eigenvalue weighted by Gasteiger charge is 2.30. The SMILES string of the molecule is COc1ccc(-c2noc3nc(C4CC4)cc(C(=O)NC4CCN(C)CC4)c23)cc1. The van der Waals surface area contributed by atoms with E-state index in [0.29, 0.717) is 28.3 Å². The Balaban J connectivity index is 1.54. The molecule has 0 atom stereocenters. The first-order valence-corrected chi connectivity index (χ1v) is 10.6. The number of rotatable bonds is 5. The maximum atomic E-state index is 13.3. The molecule has 0 spiro atoms. The number of nitrogens with one attached hydrogen (secondary N) is 1. The lowest BCUT2D eigenvalue weighted by Gasteiger charge is -2.29. The number of benzene rings is 1. The van der Waals surface area contributed by atoms with Crippen LogP contribution in [0.15, 0.2) is 34.9 Å². The van der Waals surface area contributed by atoms with E-state index in [1.165, 1.54) is 0 Å². The quantitative estimate of drug-likeness (QED) is 0.697. The fourth-order valence-electron chi connectivity index (χ4n) is 4.10. The molecule has 3 aromatic rings. The van der Waals surface area contributed by atoms with Crippen LogP contribution in [0.1, 0.15) is 47.7 Å². The maximum absolute atomic E-state index is 13.3. The Hall–Kier alpha value is -2.93. The Bertz CT molecular complexity index is 1060. The number of aromatic nitrogens is 2. The van der Waals surface area contributed by atoms with Crippen LogP contribution in [0.3, 0.4) is 0 Å². The van der Waals surface area contributed by atoms with Gasteiger partial charge in [-0.05, 0) is 76.2 Å². The van der Waals surface area contributed by atoms with E-state index in [-0.39, 0.29) is 11.9 Å². The number of hydrogen-bond donors (Lipinski definition) is 1. The van der Waals surface area contributed by atoms with Gasteiger partial charge in [0.05, 0.1) is 18.1 Å². The number of ether oxygens (including phenoxy) is 1. The van der Waals surface area contributed by atoms with Gasteiger partial charge in [0.15, 0.2) is 0 Å². The Labute approximate surface area is 175 Å². The number of methoxy groups -OCH3 is 1. The largest absolute Gasteiger partial charge is 0.497 e. The van der Waals surface area contributed by atoms with Gasteiger partial charge in [0.1, 0.15) is 11.4 Å². The molecule has 1 N–H and O–H groups in total. The molecular weight excluding hydrogens is 380 g/mol. The lowest BCUT2D eigenvalue weighted by atomic mass is 10.0. The number of pyridine rings is 1. The lowest BCUT2D eigenvalue weighted by molar-refractivity contribution is 0.0918. The predicted octanol–water partition coefficient (Wildman–Crippen LogP) is 3.60. The molecule has 2 aromatic heterocycles. The lowest BCUT2D eigenvalue weighted by Crippen LogP contribution is -2.43. The van der Waals surface area contributed by atoms with E-state index < -0.39 is 0 Å². The second kappa shape index (κ2) is 7.72. The fourth-order valence-corrected chi connectivity index (χ4v) is 4.10. The summed E-state index contributed by atoms with van der Waals surface area (Å²) in [4.78, 5) is 20.3. The van der Waals surface area contributed by atoms with Crippen LogP contribution < -0.4 is 10.1 Å². The zero-order valence-electron chi connectivity index (χ0n) is 17.4. The number of carbonyl (C=O) groups excluding carboxylic acids is 1. The van der Waals surface area contributed by atoms with Crippen LogP contribution in [0.2, 0.25) is 0 Å². The van der Waals surface area contributed by atoms with Crippen molar-refractivity contribution in [3.8, 4) is 17.0 Å². The molecule has 5 rings (SSSR count). The second-order valence-electron chi connectivity index (χ2n) is 8.36. The monoisotopic (exact) mass is 406 g/mol. The molecule has 3 heterocycles. The summed E-state index contributed by atoms with van der Waals surface area (Å²) in [5.74, 6) is 1.11. The molecular formula is C23H26N4O3. The molecule has 1 saturated heterocycles. The summed E-state index contributed by atoms with van der Waals surface area (Å²) in [7, 11) is 3.75. The summed E-state index contributed by atoms with van der Waals surface area (Å²) < 4.78 is 10.8. The zero-order chi connectivity index (χ0) is 20.7. The van der Waals surface area contributed by atoms with Gasteiger partial charge < -0.3 is 19.5 Å². The predicted molar refractivity (Wildman–Crippen MR) is 114 cm³/mol. The first-order valence-electron chi connectivity index (χ1n) is 10.6. The Morgan fingerprint density at radius 1 is 1.17 bits per heavy atom. The van der Waals surface area contributed by atoms with Crippen molar-refractivity contribution in [2.75, 3.05) is 27.2 Å². The number of piperidine rings is 1. The molecule has 156 valence electrons. The number of amides is 1. The van der Waals surface area contributed by atoms with Gasteiger partial charge in [-0.25, -0.2) is 4.98 Å². The van der Waals surface area contributed by atoms with Gasteiger partial charge in [-0.3, -0.25) is 4.79 Å². The second-order valence-corrected chi connectivity index (χ2v) is 8.36. The zero-order valence-corrected chi connectivity index (χ0v) is 17.4. The minimum Gasteiger partial charge on any atom is -0.497 e. The summed E-state index contributed by atoms with van der Waals surface area (Å²) in [5.41, 5.74) is 3.46. The molecule has 2 fully saturated rings. The smallest absolute Gasteiger partial charge is 0.259 e. The van der Waals surface area contributed by atoms with Crippen LogP contribution in [-0.4, -0.2) is 54.2 Å². The Morgan fingerprint density at radius 3 is 2.57 bits per heavy atom. The molecule has 1 saturated carbocycles. The van der Waals surface area contributed by atoms with E-state index >= 15 is 0 Å². The van der Waals surface area contributed by atoms with Crippen LogP contribution in [0.4, 0.5) is 0 Å².